The van der Waals surface area contributed by atoms with E-state index in [0.29, 0.717) is 0 Å². The van der Waals surface area contributed by atoms with Crippen LogP contribution in [0.3, 0.4) is 0 Å². The molecule has 4 nitrogen and oxygen atoms in total. The number of methoxy groups -OCH3 is 2. The number of fused-ring (bicyclic) bond motifs is 1. The summed E-state index contributed by atoms with van der Waals surface area (Å²) in [5, 5.41) is 5.69. The van der Waals surface area contributed by atoms with Gasteiger partial charge in [-0.2, -0.15) is 0 Å². The zero-order chi connectivity index (χ0) is 17.1. The Balaban J connectivity index is 2.02. The monoisotopic (exact) mass is 322 g/mol. The summed E-state index contributed by atoms with van der Waals surface area (Å²) in [6, 6.07) is 18.3. The predicted molar refractivity (Wildman–Crippen MR) is 101 cm³/mol. The van der Waals surface area contributed by atoms with Gasteiger partial charge in [-0.3, -0.25) is 0 Å². The Labute approximate surface area is 142 Å². The molecule has 1 N–H and O–H groups in total. The molecular weight excluding hydrogens is 300 g/mol. The minimum Gasteiger partial charge on any atom is -0.496 e. The average Bonchev–Trinajstić information content (AvgIpc) is 2.61. The molecule has 3 aromatic rings. The average molecular weight is 322 g/mol. The third-order valence-corrected chi connectivity index (χ3v) is 4.04. The SMILES string of the molecule is COc1cc(Nc2ccc(OC)c3ccccc23)ccc1N(C)C. The van der Waals surface area contributed by atoms with Crippen molar-refractivity contribution in [2.45, 2.75) is 0 Å². The molecule has 0 fully saturated rings. The molecule has 0 unspecified atom stereocenters. The number of nitrogens with one attached hydrogen (secondary N) is 1. The van der Waals surface area contributed by atoms with Crippen molar-refractivity contribution >= 4 is 27.8 Å². The summed E-state index contributed by atoms with van der Waals surface area (Å²) in [6.45, 7) is 0. The van der Waals surface area contributed by atoms with Crippen molar-refractivity contribution in [2.75, 3.05) is 38.5 Å². The van der Waals surface area contributed by atoms with E-state index in [1.165, 1.54) is 0 Å². The first-order valence-electron chi connectivity index (χ1n) is 7.82. The molecule has 24 heavy (non-hydrogen) atoms. The van der Waals surface area contributed by atoms with Crippen LogP contribution in [0.25, 0.3) is 10.8 Å². The van der Waals surface area contributed by atoms with Crippen molar-refractivity contribution < 1.29 is 9.47 Å². The minimum absolute atomic E-state index is 0.836. The maximum Gasteiger partial charge on any atom is 0.144 e. The van der Waals surface area contributed by atoms with Crippen LogP contribution in [-0.2, 0) is 0 Å². The Morgan fingerprint density at radius 3 is 2.17 bits per heavy atom. The molecule has 0 aliphatic rings. The van der Waals surface area contributed by atoms with Gasteiger partial charge in [-0.1, -0.05) is 24.3 Å². The first-order valence-corrected chi connectivity index (χ1v) is 7.82. The molecule has 4 heteroatoms. The lowest BCUT2D eigenvalue weighted by Gasteiger charge is -2.18. The molecule has 124 valence electrons. The third kappa shape index (κ3) is 2.95. The van der Waals surface area contributed by atoms with Gasteiger partial charge in [0.15, 0.2) is 0 Å². The molecule has 0 amide bonds. The van der Waals surface area contributed by atoms with E-state index in [1.807, 2.05) is 55.4 Å². The van der Waals surface area contributed by atoms with Crippen molar-refractivity contribution in [1.82, 2.24) is 0 Å². The van der Waals surface area contributed by atoms with Crippen LogP contribution >= 0.6 is 0 Å². The van der Waals surface area contributed by atoms with Crippen LogP contribution in [-0.4, -0.2) is 28.3 Å². The number of hydrogen-bond acceptors (Lipinski definition) is 4. The summed E-state index contributed by atoms with van der Waals surface area (Å²) in [5.74, 6) is 1.71. The van der Waals surface area contributed by atoms with Gasteiger partial charge >= 0.3 is 0 Å². The summed E-state index contributed by atoms with van der Waals surface area (Å²) in [5.41, 5.74) is 3.06. The standard InChI is InChI=1S/C20H22N2O2/c1-22(2)18-11-9-14(13-20(18)24-4)21-17-10-12-19(23-3)16-8-6-5-7-15(16)17/h5-13,21H,1-4H3. The molecule has 0 spiro atoms. The molecule has 0 saturated carbocycles. The molecule has 0 radical (unpaired) electrons. The zero-order valence-electron chi connectivity index (χ0n) is 14.5. The van der Waals surface area contributed by atoms with Gasteiger partial charge in [0.05, 0.1) is 19.9 Å². The fourth-order valence-corrected chi connectivity index (χ4v) is 2.84. The molecular formula is C20H22N2O2. The van der Waals surface area contributed by atoms with Crippen LogP contribution < -0.4 is 19.7 Å². The molecule has 0 aromatic heterocycles. The lowest BCUT2D eigenvalue weighted by Crippen LogP contribution is -2.10. The number of nitrogens with zero attached hydrogens (tertiary/aromatic N) is 1. The first kappa shape index (κ1) is 16.0. The van der Waals surface area contributed by atoms with Gasteiger partial charge in [0.25, 0.3) is 0 Å². The topological polar surface area (TPSA) is 33.7 Å². The Morgan fingerprint density at radius 1 is 0.792 bits per heavy atom. The van der Waals surface area contributed by atoms with Crippen molar-refractivity contribution in [2.24, 2.45) is 0 Å². The summed E-state index contributed by atoms with van der Waals surface area (Å²) in [7, 11) is 7.39. The summed E-state index contributed by atoms with van der Waals surface area (Å²) >= 11 is 0. The normalized spacial score (nSPS) is 10.5. The molecule has 0 heterocycles. The highest BCUT2D eigenvalue weighted by atomic mass is 16.5. The van der Waals surface area contributed by atoms with Crippen molar-refractivity contribution in [1.29, 1.82) is 0 Å². The van der Waals surface area contributed by atoms with Gasteiger partial charge in [-0.15, -0.1) is 0 Å². The van der Waals surface area contributed by atoms with E-state index in [4.69, 9.17) is 9.47 Å². The molecule has 0 aliphatic heterocycles. The summed E-state index contributed by atoms with van der Waals surface area (Å²) < 4.78 is 11.0. The molecule has 0 saturated heterocycles. The predicted octanol–water partition coefficient (Wildman–Crippen LogP) is 4.67. The third-order valence-electron chi connectivity index (χ3n) is 4.04. The van der Waals surface area contributed by atoms with Crippen LogP contribution in [0, 0.1) is 0 Å². The van der Waals surface area contributed by atoms with E-state index in [0.717, 1.165) is 39.3 Å². The maximum absolute atomic E-state index is 5.51. The fraction of sp³-hybridized carbons (Fsp3) is 0.200. The first-order chi connectivity index (χ1) is 11.6. The van der Waals surface area contributed by atoms with Crippen molar-refractivity contribution in [3.63, 3.8) is 0 Å². The molecule has 0 aliphatic carbocycles. The summed E-state index contributed by atoms with van der Waals surface area (Å²) in [4.78, 5) is 2.03. The van der Waals surface area contributed by atoms with Crippen LogP contribution in [0.1, 0.15) is 0 Å². The lowest BCUT2D eigenvalue weighted by atomic mass is 10.1. The number of benzene rings is 3. The van der Waals surface area contributed by atoms with Crippen LogP contribution in [0.15, 0.2) is 54.6 Å². The lowest BCUT2D eigenvalue weighted by molar-refractivity contribution is 0.415. The largest absolute Gasteiger partial charge is 0.496 e. The Bertz CT molecular complexity index is 859. The van der Waals surface area contributed by atoms with Gasteiger partial charge in [-0.05, 0) is 24.3 Å². The molecule has 0 atom stereocenters. The van der Waals surface area contributed by atoms with Gasteiger partial charge < -0.3 is 19.7 Å². The van der Waals surface area contributed by atoms with E-state index >= 15 is 0 Å². The zero-order valence-corrected chi connectivity index (χ0v) is 14.5. The molecule has 3 aromatic carbocycles. The van der Waals surface area contributed by atoms with Gasteiger partial charge in [0.1, 0.15) is 11.5 Å². The van der Waals surface area contributed by atoms with E-state index in [9.17, 15) is 0 Å². The molecule has 0 bridgehead atoms. The number of rotatable bonds is 5. The summed E-state index contributed by atoms with van der Waals surface area (Å²) in [6.07, 6.45) is 0. The minimum atomic E-state index is 0.836. The van der Waals surface area contributed by atoms with E-state index in [-0.39, 0.29) is 0 Å². The van der Waals surface area contributed by atoms with Crippen LogP contribution in [0.4, 0.5) is 17.1 Å². The second-order valence-electron chi connectivity index (χ2n) is 5.77. The van der Waals surface area contributed by atoms with Crippen LogP contribution in [0.5, 0.6) is 11.5 Å². The van der Waals surface area contributed by atoms with Crippen molar-refractivity contribution in [3.8, 4) is 11.5 Å². The second-order valence-corrected chi connectivity index (χ2v) is 5.77. The van der Waals surface area contributed by atoms with E-state index < -0.39 is 0 Å². The Morgan fingerprint density at radius 2 is 1.50 bits per heavy atom. The van der Waals surface area contributed by atoms with E-state index in [1.54, 1.807) is 14.2 Å². The highest BCUT2D eigenvalue weighted by Gasteiger charge is 2.09. The fourth-order valence-electron chi connectivity index (χ4n) is 2.84. The quantitative estimate of drug-likeness (QED) is 0.740. The highest BCUT2D eigenvalue weighted by molar-refractivity contribution is 5.99. The van der Waals surface area contributed by atoms with Gasteiger partial charge in [0, 0.05) is 42.3 Å². The second kappa shape index (κ2) is 6.71. The number of hydrogen-bond donors (Lipinski definition) is 1. The van der Waals surface area contributed by atoms with Gasteiger partial charge in [0.2, 0.25) is 0 Å². The number of ether oxygens (including phenoxy) is 2. The Kier molecular flexibility index (Phi) is 4.47. The number of anilines is 3. The maximum atomic E-state index is 5.51. The van der Waals surface area contributed by atoms with Gasteiger partial charge in [-0.25, -0.2) is 0 Å². The smallest absolute Gasteiger partial charge is 0.144 e. The van der Waals surface area contributed by atoms with Crippen LogP contribution in [0.2, 0.25) is 0 Å². The molecule has 3 rings (SSSR count). The Hall–Kier alpha value is -2.88. The van der Waals surface area contributed by atoms with E-state index in [2.05, 4.69) is 23.5 Å². The van der Waals surface area contributed by atoms with Crippen molar-refractivity contribution in [3.05, 3.63) is 54.6 Å². The highest BCUT2D eigenvalue weighted by Crippen LogP contribution is 2.35.